The van der Waals surface area contributed by atoms with Crippen molar-refractivity contribution < 1.29 is 14.3 Å². The van der Waals surface area contributed by atoms with Gasteiger partial charge in [-0.15, -0.1) is 0 Å². The first-order valence-electron chi connectivity index (χ1n) is 6.80. The molecule has 5 nitrogen and oxygen atoms in total. The molecule has 116 valence electrons. The second-order valence-electron chi connectivity index (χ2n) is 5.28. The van der Waals surface area contributed by atoms with Crippen molar-refractivity contribution in [1.29, 1.82) is 0 Å². The van der Waals surface area contributed by atoms with Gasteiger partial charge in [-0.3, -0.25) is 9.59 Å². The Morgan fingerprint density at radius 1 is 1.48 bits per heavy atom. The molecule has 0 aliphatic heterocycles. The van der Waals surface area contributed by atoms with Crippen molar-refractivity contribution in [2.75, 3.05) is 18.1 Å². The minimum absolute atomic E-state index is 0.0165. The van der Waals surface area contributed by atoms with Crippen molar-refractivity contribution in [1.82, 2.24) is 4.98 Å². The third-order valence-electron chi connectivity index (χ3n) is 3.13. The van der Waals surface area contributed by atoms with Gasteiger partial charge in [0.15, 0.2) is 5.12 Å². The Kier molecular flexibility index (Phi) is 6.20. The van der Waals surface area contributed by atoms with E-state index in [2.05, 4.69) is 4.98 Å². The molecular formula is C15H22N2O3S. The SMILES string of the molecule is CCOC(=O)C(C)(CSC(C)=O)Cc1cnc(N)c(C)c1. The maximum absolute atomic E-state index is 12.2. The number of rotatable bonds is 6. The number of nitrogens with two attached hydrogens (primary N) is 1. The van der Waals surface area contributed by atoms with E-state index >= 15 is 0 Å². The number of aromatic nitrogens is 1. The summed E-state index contributed by atoms with van der Waals surface area (Å²) >= 11 is 1.13. The van der Waals surface area contributed by atoms with Gasteiger partial charge in [-0.1, -0.05) is 17.8 Å². The van der Waals surface area contributed by atoms with E-state index in [1.807, 2.05) is 19.9 Å². The van der Waals surface area contributed by atoms with E-state index in [-0.39, 0.29) is 11.1 Å². The van der Waals surface area contributed by atoms with E-state index < -0.39 is 5.41 Å². The highest BCUT2D eigenvalue weighted by atomic mass is 32.2. The molecule has 0 saturated heterocycles. The van der Waals surface area contributed by atoms with Crippen LogP contribution < -0.4 is 5.73 Å². The fraction of sp³-hybridized carbons (Fsp3) is 0.533. The third-order valence-corrected chi connectivity index (χ3v) is 4.32. The van der Waals surface area contributed by atoms with Gasteiger partial charge in [0.1, 0.15) is 5.82 Å². The number of carbonyl (C=O) groups excluding carboxylic acids is 2. The Morgan fingerprint density at radius 3 is 2.67 bits per heavy atom. The largest absolute Gasteiger partial charge is 0.466 e. The third kappa shape index (κ3) is 5.04. The summed E-state index contributed by atoms with van der Waals surface area (Å²) < 4.78 is 5.16. The van der Waals surface area contributed by atoms with E-state index in [9.17, 15) is 9.59 Å². The first-order chi connectivity index (χ1) is 9.78. The maximum atomic E-state index is 12.2. The van der Waals surface area contributed by atoms with Gasteiger partial charge in [0.25, 0.3) is 0 Å². The Balaban J connectivity index is 2.97. The molecule has 0 aliphatic carbocycles. The lowest BCUT2D eigenvalue weighted by Crippen LogP contribution is -2.35. The summed E-state index contributed by atoms with van der Waals surface area (Å²) in [6, 6.07) is 1.91. The average molecular weight is 310 g/mol. The predicted molar refractivity (Wildman–Crippen MR) is 85.0 cm³/mol. The van der Waals surface area contributed by atoms with Gasteiger partial charge in [0.05, 0.1) is 12.0 Å². The molecule has 0 aliphatic rings. The van der Waals surface area contributed by atoms with Gasteiger partial charge < -0.3 is 10.5 Å². The lowest BCUT2D eigenvalue weighted by Gasteiger charge is -2.26. The molecular weight excluding hydrogens is 288 g/mol. The molecule has 0 amide bonds. The van der Waals surface area contributed by atoms with Crippen LogP contribution in [-0.4, -0.2) is 28.4 Å². The van der Waals surface area contributed by atoms with Crippen molar-refractivity contribution >= 4 is 28.7 Å². The number of thioether (sulfide) groups is 1. The first-order valence-corrected chi connectivity index (χ1v) is 7.78. The average Bonchev–Trinajstić information content (AvgIpc) is 2.41. The first kappa shape index (κ1) is 17.5. The number of anilines is 1. The number of ether oxygens (including phenoxy) is 1. The summed E-state index contributed by atoms with van der Waals surface area (Å²) in [5.74, 6) is 0.563. The van der Waals surface area contributed by atoms with Crippen molar-refractivity contribution in [2.45, 2.75) is 34.1 Å². The van der Waals surface area contributed by atoms with Crippen LogP contribution in [0.1, 0.15) is 31.9 Å². The molecule has 0 fully saturated rings. The quantitative estimate of drug-likeness (QED) is 0.812. The smallest absolute Gasteiger partial charge is 0.312 e. The van der Waals surface area contributed by atoms with Crippen LogP contribution in [0, 0.1) is 12.3 Å². The molecule has 0 saturated carbocycles. The van der Waals surface area contributed by atoms with Crippen LogP contribution in [0.5, 0.6) is 0 Å². The number of nitrogen functional groups attached to an aromatic ring is 1. The summed E-state index contributed by atoms with van der Waals surface area (Å²) in [5, 5.41) is -0.0165. The minimum atomic E-state index is -0.767. The van der Waals surface area contributed by atoms with Crippen molar-refractivity contribution in [2.24, 2.45) is 5.41 Å². The van der Waals surface area contributed by atoms with E-state index in [1.165, 1.54) is 6.92 Å². The Hall–Kier alpha value is -1.56. The lowest BCUT2D eigenvalue weighted by molar-refractivity contribution is -0.153. The van der Waals surface area contributed by atoms with Crippen molar-refractivity contribution in [3.05, 3.63) is 23.4 Å². The molecule has 1 aromatic heterocycles. The molecule has 1 atom stereocenters. The van der Waals surface area contributed by atoms with E-state index in [4.69, 9.17) is 10.5 Å². The summed E-state index contributed by atoms with van der Waals surface area (Å²) in [7, 11) is 0. The molecule has 0 radical (unpaired) electrons. The predicted octanol–water partition coefficient (Wildman–Crippen LogP) is 2.36. The molecule has 1 heterocycles. The Morgan fingerprint density at radius 2 is 2.14 bits per heavy atom. The van der Waals surface area contributed by atoms with Crippen LogP contribution in [0.25, 0.3) is 0 Å². The number of hydrogen-bond acceptors (Lipinski definition) is 6. The van der Waals surface area contributed by atoms with Crippen LogP contribution in [-0.2, 0) is 20.7 Å². The highest BCUT2D eigenvalue weighted by Crippen LogP contribution is 2.30. The fourth-order valence-corrected chi connectivity index (χ4v) is 2.68. The van der Waals surface area contributed by atoms with Gasteiger partial charge >= 0.3 is 5.97 Å². The highest BCUT2D eigenvalue weighted by molar-refractivity contribution is 8.13. The molecule has 0 bridgehead atoms. The van der Waals surface area contributed by atoms with E-state index in [0.717, 1.165) is 22.9 Å². The second kappa shape index (κ2) is 7.45. The Labute approximate surface area is 129 Å². The van der Waals surface area contributed by atoms with Gasteiger partial charge in [0.2, 0.25) is 0 Å². The van der Waals surface area contributed by atoms with Gasteiger partial charge in [0, 0.05) is 18.9 Å². The molecule has 2 N–H and O–H groups in total. The molecule has 0 aromatic carbocycles. The van der Waals surface area contributed by atoms with Crippen LogP contribution in [0.2, 0.25) is 0 Å². The summed E-state index contributed by atoms with van der Waals surface area (Å²) in [4.78, 5) is 27.6. The second-order valence-corrected chi connectivity index (χ2v) is 6.44. The number of pyridine rings is 1. The van der Waals surface area contributed by atoms with Crippen LogP contribution >= 0.6 is 11.8 Å². The zero-order valence-electron chi connectivity index (χ0n) is 12.9. The molecule has 0 spiro atoms. The van der Waals surface area contributed by atoms with Crippen LogP contribution in [0.15, 0.2) is 12.3 Å². The monoisotopic (exact) mass is 310 g/mol. The van der Waals surface area contributed by atoms with Gasteiger partial charge in [-0.2, -0.15) is 0 Å². The number of hydrogen-bond donors (Lipinski definition) is 1. The lowest BCUT2D eigenvalue weighted by atomic mass is 9.85. The molecule has 1 aromatic rings. The summed E-state index contributed by atoms with van der Waals surface area (Å²) in [6.45, 7) is 7.26. The van der Waals surface area contributed by atoms with E-state index in [0.29, 0.717) is 24.6 Å². The minimum Gasteiger partial charge on any atom is -0.466 e. The summed E-state index contributed by atoms with van der Waals surface area (Å²) in [5.41, 5.74) is 6.72. The number of esters is 1. The number of nitrogens with zero attached hydrogens (tertiary/aromatic N) is 1. The van der Waals surface area contributed by atoms with Crippen molar-refractivity contribution in [3.63, 3.8) is 0 Å². The fourth-order valence-electron chi connectivity index (χ4n) is 1.94. The molecule has 1 rings (SSSR count). The zero-order valence-corrected chi connectivity index (χ0v) is 13.8. The zero-order chi connectivity index (χ0) is 16.0. The van der Waals surface area contributed by atoms with Crippen molar-refractivity contribution in [3.8, 4) is 0 Å². The maximum Gasteiger partial charge on any atom is 0.312 e. The Bertz CT molecular complexity index is 534. The van der Waals surface area contributed by atoms with Crippen LogP contribution in [0.3, 0.4) is 0 Å². The highest BCUT2D eigenvalue weighted by Gasteiger charge is 2.35. The molecule has 6 heteroatoms. The van der Waals surface area contributed by atoms with Gasteiger partial charge in [-0.05, 0) is 38.3 Å². The van der Waals surface area contributed by atoms with Gasteiger partial charge in [-0.25, -0.2) is 4.98 Å². The number of aryl methyl sites for hydroxylation is 1. The molecule has 21 heavy (non-hydrogen) atoms. The normalized spacial score (nSPS) is 13.5. The summed E-state index contributed by atoms with van der Waals surface area (Å²) in [6.07, 6.45) is 2.12. The molecule has 1 unspecified atom stereocenters. The number of carbonyl (C=O) groups is 2. The van der Waals surface area contributed by atoms with E-state index in [1.54, 1.807) is 13.1 Å². The topological polar surface area (TPSA) is 82.3 Å². The standard InChI is InChI=1S/C15H22N2O3S/c1-5-20-14(19)15(4,9-21-11(3)18)7-12-6-10(2)13(16)17-8-12/h6,8H,5,7,9H2,1-4H3,(H2,16,17). The van der Waals surface area contributed by atoms with Crippen LogP contribution in [0.4, 0.5) is 5.82 Å².